The maximum Gasteiger partial charge on any atom is 0.263 e. The van der Waals surface area contributed by atoms with E-state index >= 15 is 0 Å². The summed E-state index contributed by atoms with van der Waals surface area (Å²) in [4.78, 5) is 12.8. The van der Waals surface area contributed by atoms with Gasteiger partial charge >= 0.3 is 0 Å². The minimum absolute atomic E-state index is 0.00218. The van der Waals surface area contributed by atoms with Crippen molar-refractivity contribution in [1.29, 1.82) is 0 Å². The van der Waals surface area contributed by atoms with Crippen molar-refractivity contribution in [2.45, 2.75) is 38.7 Å². The number of alkyl halides is 3. The van der Waals surface area contributed by atoms with Crippen molar-refractivity contribution in [1.82, 2.24) is 25.5 Å². The summed E-state index contributed by atoms with van der Waals surface area (Å²) in [5.74, 6) is -0.847. The molecule has 164 valence electrons. The smallest absolute Gasteiger partial charge is 0.263 e. The second-order valence-corrected chi connectivity index (χ2v) is 7.68. The van der Waals surface area contributed by atoms with Crippen LogP contribution in [-0.2, 0) is 0 Å². The van der Waals surface area contributed by atoms with Gasteiger partial charge in [0.1, 0.15) is 18.0 Å². The second-order valence-electron chi connectivity index (χ2n) is 7.68. The van der Waals surface area contributed by atoms with Gasteiger partial charge in [-0.1, -0.05) is 26.0 Å². The summed E-state index contributed by atoms with van der Waals surface area (Å²) in [6.07, 6.45) is -3.10. The molecule has 3 rings (SSSR count). The lowest BCUT2D eigenvalue weighted by Crippen LogP contribution is -2.53. The zero-order chi connectivity index (χ0) is 22.8. The van der Waals surface area contributed by atoms with Crippen molar-refractivity contribution < 1.29 is 22.4 Å². The van der Waals surface area contributed by atoms with Gasteiger partial charge in [-0.05, 0) is 58.8 Å². The van der Waals surface area contributed by atoms with Crippen LogP contribution in [0.15, 0.2) is 42.5 Å². The molecule has 0 fully saturated rings. The zero-order valence-electron chi connectivity index (χ0n) is 17.1. The van der Waals surface area contributed by atoms with Crippen molar-refractivity contribution in [3.8, 4) is 16.8 Å². The Labute approximate surface area is 176 Å². The Bertz CT molecular complexity index is 1070. The number of hydrogen-bond donors (Lipinski definition) is 1. The number of halogens is 4. The number of tetrazole rings is 1. The van der Waals surface area contributed by atoms with Gasteiger partial charge in [-0.25, -0.2) is 17.6 Å². The predicted octanol–water partition coefficient (Wildman–Crippen LogP) is 4.31. The van der Waals surface area contributed by atoms with Gasteiger partial charge in [0.15, 0.2) is 5.82 Å². The normalized spacial score (nSPS) is 13.5. The van der Waals surface area contributed by atoms with Crippen LogP contribution in [0, 0.1) is 5.82 Å². The highest BCUT2D eigenvalue weighted by molar-refractivity contribution is 5.96. The first-order valence-corrected chi connectivity index (χ1v) is 9.51. The molecule has 1 heterocycles. The van der Waals surface area contributed by atoms with E-state index < -0.39 is 30.4 Å². The Hall–Kier alpha value is -3.30. The summed E-state index contributed by atoms with van der Waals surface area (Å²) < 4.78 is 54.5. The molecule has 0 saturated carbocycles. The maximum absolute atomic E-state index is 13.4. The van der Waals surface area contributed by atoms with Crippen molar-refractivity contribution in [3.05, 3.63) is 59.7 Å². The molecule has 1 amide bonds. The summed E-state index contributed by atoms with van der Waals surface area (Å²) >= 11 is 0. The molecule has 1 atom stereocenters. The van der Waals surface area contributed by atoms with Gasteiger partial charge in [-0.15, -0.1) is 5.10 Å². The minimum Gasteiger partial charge on any atom is -0.339 e. The van der Waals surface area contributed by atoms with E-state index in [0.29, 0.717) is 22.6 Å². The summed E-state index contributed by atoms with van der Waals surface area (Å²) in [5.41, 5.74) is -0.839. The molecule has 1 unspecified atom stereocenters. The standard InChI is InChI=1S/C21H21F4N5O/c1-12(2)18-27-28-29-30(18)17-9-14(13-4-6-16(23)7-5-13)8-15(10-17)19(31)26-21(3,11-22)20(24)25/h4-10,12,20H,11H2,1-3H3,(H,26,31). The molecule has 2 aromatic carbocycles. The van der Waals surface area contributed by atoms with Crippen LogP contribution in [0.25, 0.3) is 16.8 Å². The molecule has 0 radical (unpaired) electrons. The number of carbonyl (C=O) groups excluding carboxylic acids is 1. The van der Waals surface area contributed by atoms with E-state index in [0.717, 1.165) is 6.92 Å². The Morgan fingerprint density at radius 3 is 2.39 bits per heavy atom. The first-order chi connectivity index (χ1) is 14.6. The molecule has 0 aliphatic carbocycles. The first kappa shape index (κ1) is 22.4. The van der Waals surface area contributed by atoms with Crippen LogP contribution >= 0.6 is 0 Å². The molecule has 0 aliphatic heterocycles. The summed E-state index contributed by atoms with van der Waals surface area (Å²) in [5, 5.41) is 13.7. The van der Waals surface area contributed by atoms with Gasteiger partial charge in [0.2, 0.25) is 0 Å². The molecule has 0 bridgehead atoms. The van der Waals surface area contributed by atoms with E-state index in [4.69, 9.17) is 0 Å². The van der Waals surface area contributed by atoms with Gasteiger partial charge in [-0.2, -0.15) is 4.68 Å². The highest BCUT2D eigenvalue weighted by Crippen LogP contribution is 2.27. The highest BCUT2D eigenvalue weighted by atomic mass is 19.3. The predicted molar refractivity (Wildman–Crippen MR) is 106 cm³/mol. The molecule has 10 heteroatoms. The van der Waals surface area contributed by atoms with E-state index in [-0.39, 0.29) is 11.5 Å². The van der Waals surface area contributed by atoms with Gasteiger partial charge in [-0.3, -0.25) is 4.79 Å². The fourth-order valence-electron chi connectivity index (χ4n) is 2.89. The van der Waals surface area contributed by atoms with Crippen molar-refractivity contribution >= 4 is 5.91 Å². The molecule has 31 heavy (non-hydrogen) atoms. The average molecular weight is 435 g/mol. The van der Waals surface area contributed by atoms with E-state index in [1.807, 2.05) is 13.8 Å². The highest BCUT2D eigenvalue weighted by Gasteiger charge is 2.37. The van der Waals surface area contributed by atoms with E-state index in [2.05, 4.69) is 20.8 Å². The lowest BCUT2D eigenvalue weighted by molar-refractivity contribution is 0.0239. The van der Waals surface area contributed by atoms with Crippen LogP contribution in [0.3, 0.4) is 0 Å². The molecule has 1 N–H and O–H groups in total. The molecule has 3 aromatic rings. The fourth-order valence-corrected chi connectivity index (χ4v) is 2.89. The van der Waals surface area contributed by atoms with E-state index in [1.54, 1.807) is 6.07 Å². The molecular weight excluding hydrogens is 414 g/mol. The van der Waals surface area contributed by atoms with Crippen molar-refractivity contribution in [2.75, 3.05) is 6.67 Å². The van der Waals surface area contributed by atoms with Crippen molar-refractivity contribution in [3.63, 3.8) is 0 Å². The SMILES string of the molecule is CC(C)c1nnnn1-c1cc(C(=O)NC(C)(CF)C(F)F)cc(-c2ccc(F)cc2)c1. The van der Waals surface area contributed by atoms with Crippen LogP contribution in [0.4, 0.5) is 17.6 Å². The molecule has 1 aromatic heterocycles. The lowest BCUT2D eigenvalue weighted by Gasteiger charge is -2.26. The number of benzene rings is 2. The number of hydrogen-bond acceptors (Lipinski definition) is 4. The Morgan fingerprint density at radius 1 is 1.13 bits per heavy atom. The third-order valence-corrected chi connectivity index (χ3v) is 4.77. The summed E-state index contributed by atoms with van der Waals surface area (Å²) in [6, 6.07) is 10.1. The molecule has 0 saturated heterocycles. The average Bonchev–Trinajstić information content (AvgIpc) is 3.24. The largest absolute Gasteiger partial charge is 0.339 e. The number of nitrogens with zero attached hydrogens (tertiary/aromatic N) is 4. The molecule has 6 nitrogen and oxygen atoms in total. The Balaban J connectivity index is 2.12. The van der Waals surface area contributed by atoms with Crippen molar-refractivity contribution in [2.24, 2.45) is 0 Å². The monoisotopic (exact) mass is 435 g/mol. The fraction of sp³-hybridized carbons (Fsp3) is 0.333. The van der Waals surface area contributed by atoms with E-state index in [1.165, 1.54) is 41.1 Å². The number of aromatic nitrogens is 4. The Kier molecular flexibility index (Phi) is 6.37. The Morgan fingerprint density at radius 2 is 1.81 bits per heavy atom. The van der Waals surface area contributed by atoms with E-state index in [9.17, 15) is 22.4 Å². The number of nitrogens with one attached hydrogen (secondary N) is 1. The van der Waals surface area contributed by atoms with Gasteiger partial charge in [0, 0.05) is 11.5 Å². The maximum atomic E-state index is 13.4. The van der Waals surface area contributed by atoms with Crippen LogP contribution in [-0.4, -0.2) is 44.8 Å². The zero-order valence-corrected chi connectivity index (χ0v) is 17.1. The first-order valence-electron chi connectivity index (χ1n) is 9.51. The second kappa shape index (κ2) is 8.83. The van der Waals surface area contributed by atoms with Crippen LogP contribution in [0.2, 0.25) is 0 Å². The number of amides is 1. The quantitative estimate of drug-likeness (QED) is 0.561. The van der Waals surface area contributed by atoms with Gasteiger partial charge < -0.3 is 5.32 Å². The van der Waals surface area contributed by atoms with Crippen LogP contribution in [0.5, 0.6) is 0 Å². The minimum atomic E-state index is -3.10. The van der Waals surface area contributed by atoms with Crippen LogP contribution < -0.4 is 5.32 Å². The lowest BCUT2D eigenvalue weighted by atomic mass is 10.00. The summed E-state index contributed by atoms with van der Waals surface area (Å²) in [7, 11) is 0. The molecule has 0 spiro atoms. The molecular formula is C21H21F4N5O. The van der Waals surface area contributed by atoms with Gasteiger partial charge in [0.05, 0.1) is 5.69 Å². The van der Waals surface area contributed by atoms with Gasteiger partial charge in [0.25, 0.3) is 12.3 Å². The third-order valence-electron chi connectivity index (χ3n) is 4.77. The summed E-state index contributed by atoms with van der Waals surface area (Å²) in [6.45, 7) is 3.26. The topological polar surface area (TPSA) is 72.7 Å². The van der Waals surface area contributed by atoms with Crippen LogP contribution in [0.1, 0.15) is 42.9 Å². The third kappa shape index (κ3) is 4.73. The number of rotatable bonds is 7. The number of carbonyl (C=O) groups is 1. The molecule has 0 aliphatic rings.